The summed E-state index contributed by atoms with van der Waals surface area (Å²) in [6.07, 6.45) is 8.19. The van der Waals surface area contributed by atoms with Gasteiger partial charge in [-0.2, -0.15) is 0 Å². The average molecular weight is 240 g/mol. The van der Waals surface area contributed by atoms with Crippen molar-refractivity contribution in [2.45, 2.75) is 71.4 Å². The zero-order valence-corrected chi connectivity index (χ0v) is 12.3. The number of likely N-dealkylation sites (N-methyl/N-ethyl adjacent to an activating group) is 1. The third-order valence-corrected chi connectivity index (χ3v) is 4.32. The van der Waals surface area contributed by atoms with Gasteiger partial charge in [0.2, 0.25) is 0 Å². The van der Waals surface area contributed by atoms with Gasteiger partial charge in [-0.3, -0.25) is 0 Å². The quantitative estimate of drug-likeness (QED) is 0.772. The van der Waals surface area contributed by atoms with E-state index in [-0.39, 0.29) is 0 Å². The normalized spacial score (nSPS) is 22.1. The molecule has 0 heterocycles. The Morgan fingerprint density at radius 2 is 1.71 bits per heavy atom. The van der Waals surface area contributed by atoms with Crippen molar-refractivity contribution in [1.82, 2.24) is 4.90 Å². The number of hydrogen-bond donors (Lipinski definition) is 1. The van der Waals surface area contributed by atoms with Crippen molar-refractivity contribution < 1.29 is 0 Å². The summed E-state index contributed by atoms with van der Waals surface area (Å²) in [5, 5.41) is 0. The monoisotopic (exact) mass is 240 g/mol. The molecule has 0 aromatic carbocycles. The largest absolute Gasteiger partial charge is 0.326 e. The molecule has 0 aliphatic heterocycles. The predicted molar refractivity (Wildman–Crippen MR) is 76.1 cm³/mol. The summed E-state index contributed by atoms with van der Waals surface area (Å²) < 4.78 is 0. The fraction of sp³-hybridized carbons (Fsp3) is 1.00. The van der Waals surface area contributed by atoms with E-state index in [0.717, 1.165) is 18.4 Å². The van der Waals surface area contributed by atoms with Gasteiger partial charge in [0.05, 0.1) is 0 Å². The van der Waals surface area contributed by atoms with Crippen LogP contribution in [0, 0.1) is 11.8 Å². The van der Waals surface area contributed by atoms with Crippen LogP contribution < -0.4 is 5.73 Å². The van der Waals surface area contributed by atoms with Crippen LogP contribution in [-0.2, 0) is 0 Å². The Kier molecular flexibility index (Phi) is 6.50. The van der Waals surface area contributed by atoms with E-state index in [1.807, 2.05) is 0 Å². The highest BCUT2D eigenvalue weighted by Gasteiger charge is 2.23. The van der Waals surface area contributed by atoms with E-state index in [0.29, 0.717) is 12.1 Å². The standard InChI is InChI=1S/C15H32N2/c1-12(2)10-13(3)17(4)11-15(16)14-8-6-5-7-9-14/h12-15H,5-11,16H2,1-4H3. The zero-order valence-electron chi connectivity index (χ0n) is 12.3. The first kappa shape index (κ1) is 15.0. The summed E-state index contributed by atoms with van der Waals surface area (Å²) in [5.41, 5.74) is 6.38. The number of rotatable bonds is 6. The molecule has 0 amide bonds. The molecule has 2 N–H and O–H groups in total. The minimum atomic E-state index is 0.384. The zero-order chi connectivity index (χ0) is 12.8. The number of nitrogens with two attached hydrogens (primary N) is 1. The van der Waals surface area contributed by atoms with Gasteiger partial charge in [0.15, 0.2) is 0 Å². The minimum Gasteiger partial charge on any atom is -0.326 e. The van der Waals surface area contributed by atoms with Gasteiger partial charge in [0.1, 0.15) is 0 Å². The SMILES string of the molecule is CC(C)CC(C)N(C)CC(N)C1CCCCC1. The van der Waals surface area contributed by atoms with Crippen molar-refractivity contribution in [3.8, 4) is 0 Å². The Bertz CT molecular complexity index is 197. The van der Waals surface area contributed by atoms with E-state index in [2.05, 4.69) is 32.7 Å². The maximum Gasteiger partial charge on any atom is 0.0196 e. The molecule has 1 saturated carbocycles. The molecule has 0 aromatic rings. The first-order valence-corrected chi connectivity index (χ1v) is 7.46. The first-order valence-electron chi connectivity index (χ1n) is 7.46. The van der Waals surface area contributed by atoms with E-state index in [1.165, 1.54) is 38.5 Å². The third kappa shape index (κ3) is 5.39. The van der Waals surface area contributed by atoms with Gasteiger partial charge in [-0.05, 0) is 45.1 Å². The molecule has 1 aliphatic rings. The summed E-state index contributed by atoms with van der Waals surface area (Å²) in [5.74, 6) is 1.55. The van der Waals surface area contributed by atoms with Gasteiger partial charge in [-0.1, -0.05) is 33.1 Å². The van der Waals surface area contributed by atoms with Crippen molar-refractivity contribution in [3.63, 3.8) is 0 Å². The molecule has 1 fully saturated rings. The Balaban J connectivity index is 2.30. The van der Waals surface area contributed by atoms with Crippen LogP contribution >= 0.6 is 0 Å². The van der Waals surface area contributed by atoms with E-state index < -0.39 is 0 Å². The Morgan fingerprint density at radius 3 is 2.24 bits per heavy atom. The van der Waals surface area contributed by atoms with Crippen molar-refractivity contribution in [1.29, 1.82) is 0 Å². The molecule has 2 nitrogen and oxygen atoms in total. The summed E-state index contributed by atoms with van der Waals surface area (Å²) in [6.45, 7) is 7.99. The lowest BCUT2D eigenvalue weighted by atomic mass is 9.84. The maximum atomic E-state index is 6.38. The highest BCUT2D eigenvalue weighted by Crippen LogP contribution is 2.26. The fourth-order valence-electron chi connectivity index (χ4n) is 3.09. The van der Waals surface area contributed by atoms with Crippen LogP contribution in [0.4, 0.5) is 0 Å². The van der Waals surface area contributed by atoms with E-state index in [9.17, 15) is 0 Å². The van der Waals surface area contributed by atoms with Crippen molar-refractivity contribution in [2.75, 3.05) is 13.6 Å². The molecule has 2 unspecified atom stereocenters. The van der Waals surface area contributed by atoms with Gasteiger partial charge in [-0.15, -0.1) is 0 Å². The van der Waals surface area contributed by atoms with E-state index >= 15 is 0 Å². The molecule has 1 aliphatic carbocycles. The minimum absolute atomic E-state index is 0.384. The van der Waals surface area contributed by atoms with Crippen LogP contribution in [-0.4, -0.2) is 30.6 Å². The molecule has 0 radical (unpaired) electrons. The lowest BCUT2D eigenvalue weighted by Gasteiger charge is -2.33. The summed E-state index contributed by atoms with van der Waals surface area (Å²) in [6, 6.07) is 1.04. The topological polar surface area (TPSA) is 29.3 Å². The molecule has 17 heavy (non-hydrogen) atoms. The summed E-state index contributed by atoms with van der Waals surface area (Å²) in [4.78, 5) is 2.46. The van der Waals surface area contributed by atoms with Crippen LogP contribution in [0.25, 0.3) is 0 Å². The molecule has 2 atom stereocenters. The van der Waals surface area contributed by atoms with E-state index in [1.54, 1.807) is 0 Å². The maximum absolute atomic E-state index is 6.38. The Labute approximate surface area is 108 Å². The third-order valence-electron chi connectivity index (χ3n) is 4.32. The smallest absolute Gasteiger partial charge is 0.0196 e. The van der Waals surface area contributed by atoms with Gasteiger partial charge < -0.3 is 10.6 Å². The molecule has 0 saturated heterocycles. The average Bonchev–Trinajstić information content (AvgIpc) is 2.29. The molecule has 0 spiro atoms. The Morgan fingerprint density at radius 1 is 1.12 bits per heavy atom. The second-order valence-electron chi connectivity index (χ2n) is 6.48. The van der Waals surface area contributed by atoms with Gasteiger partial charge in [0, 0.05) is 18.6 Å². The van der Waals surface area contributed by atoms with Crippen LogP contribution in [0.2, 0.25) is 0 Å². The molecule has 2 heteroatoms. The molecular weight excluding hydrogens is 208 g/mol. The van der Waals surface area contributed by atoms with Gasteiger partial charge in [0.25, 0.3) is 0 Å². The molecule has 0 aromatic heterocycles. The first-order chi connectivity index (χ1) is 8.00. The number of nitrogens with zero attached hydrogens (tertiary/aromatic N) is 1. The lowest BCUT2D eigenvalue weighted by Crippen LogP contribution is -2.44. The highest BCUT2D eigenvalue weighted by atomic mass is 15.1. The van der Waals surface area contributed by atoms with Crippen molar-refractivity contribution in [3.05, 3.63) is 0 Å². The number of hydrogen-bond acceptors (Lipinski definition) is 2. The molecule has 102 valence electrons. The van der Waals surface area contributed by atoms with Crippen molar-refractivity contribution >= 4 is 0 Å². The predicted octanol–water partition coefficient (Wildman–Crippen LogP) is 3.26. The summed E-state index contributed by atoms with van der Waals surface area (Å²) >= 11 is 0. The second-order valence-corrected chi connectivity index (χ2v) is 6.48. The van der Waals surface area contributed by atoms with Crippen LogP contribution in [0.5, 0.6) is 0 Å². The highest BCUT2D eigenvalue weighted by molar-refractivity contribution is 4.80. The molecule has 1 rings (SSSR count). The fourth-order valence-corrected chi connectivity index (χ4v) is 3.09. The molecule has 0 bridgehead atoms. The molecular formula is C15H32N2. The summed E-state index contributed by atoms with van der Waals surface area (Å²) in [7, 11) is 2.23. The second kappa shape index (κ2) is 7.38. The van der Waals surface area contributed by atoms with Gasteiger partial charge >= 0.3 is 0 Å². The van der Waals surface area contributed by atoms with Crippen LogP contribution in [0.1, 0.15) is 59.3 Å². The van der Waals surface area contributed by atoms with E-state index in [4.69, 9.17) is 5.73 Å². The van der Waals surface area contributed by atoms with Gasteiger partial charge in [-0.25, -0.2) is 0 Å². The van der Waals surface area contributed by atoms with Crippen molar-refractivity contribution in [2.24, 2.45) is 17.6 Å². The van der Waals surface area contributed by atoms with Crippen LogP contribution in [0.3, 0.4) is 0 Å². The van der Waals surface area contributed by atoms with Crippen LogP contribution in [0.15, 0.2) is 0 Å². The lowest BCUT2D eigenvalue weighted by molar-refractivity contribution is 0.182. The Hall–Kier alpha value is -0.0800.